The number of hydrogen-bond acceptors (Lipinski definition) is 6. The largest absolute Gasteiger partial charge is 0.494 e. The number of carbonyl (C=O) groups excluding carboxylic acids is 2. The van der Waals surface area contributed by atoms with Gasteiger partial charge in [0.2, 0.25) is 0 Å². The van der Waals surface area contributed by atoms with Crippen LogP contribution in [0.1, 0.15) is 18.1 Å². The van der Waals surface area contributed by atoms with Crippen LogP contribution < -0.4 is 4.74 Å². The maximum absolute atomic E-state index is 12.6. The highest BCUT2D eigenvalue weighted by atomic mass is 32.2. The second kappa shape index (κ2) is 8.05. The lowest BCUT2D eigenvalue weighted by Crippen LogP contribution is -2.27. The van der Waals surface area contributed by atoms with Gasteiger partial charge in [-0.15, -0.1) is 0 Å². The maximum atomic E-state index is 12.6. The number of rotatable bonds is 6. The molecular formula is C19H16N2O5S. The summed E-state index contributed by atoms with van der Waals surface area (Å²) in [6, 6.07) is 13.0. The topological polar surface area (TPSA) is 89.8 Å². The number of carbonyl (C=O) groups is 2. The molecule has 7 nitrogen and oxygen atoms in total. The van der Waals surface area contributed by atoms with Crippen LogP contribution in [-0.2, 0) is 11.3 Å². The van der Waals surface area contributed by atoms with Gasteiger partial charge in [0.05, 0.1) is 23.0 Å². The summed E-state index contributed by atoms with van der Waals surface area (Å²) in [4.78, 5) is 36.4. The molecule has 2 aromatic carbocycles. The molecule has 1 aliphatic heterocycles. The molecule has 0 spiro atoms. The molecular weight excluding hydrogens is 368 g/mol. The van der Waals surface area contributed by atoms with Crippen molar-refractivity contribution < 1.29 is 19.2 Å². The summed E-state index contributed by atoms with van der Waals surface area (Å²) in [6.07, 6.45) is 1.66. The first-order valence-corrected chi connectivity index (χ1v) is 9.01. The second-order valence-electron chi connectivity index (χ2n) is 5.69. The molecule has 0 atom stereocenters. The smallest absolute Gasteiger partial charge is 0.293 e. The van der Waals surface area contributed by atoms with Crippen LogP contribution in [0.25, 0.3) is 6.08 Å². The molecule has 1 heterocycles. The quantitative estimate of drug-likeness (QED) is 0.421. The normalized spacial score (nSPS) is 15.4. The summed E-state index contributed by atoms with van der Waals surface area (Å²) in [5, 5.41) is 10.3. The standard InChI is InChI=1S/C19H16N2O5S/c1-2-26-16-9-5-13(6-10-16)11-17-18(22)20(19(23)27-17)12-14-3-7-15(8-4-14)21(24)25/h3-11H,2,12H2,1H3/b17-11+. The first-order valence-electron chi connectivity index (χ1n) is 8.19. The van der Waals surface area contributed by atoms with Crippen molar-refractivity contribution in [2.45, 2.75) is 13.5 Å². The third-order valence-electron chi connectivity index (χ3n) is 3.85. The first kappa shape index (κ1) is 18.7. The van der Waals surface area contributed by atoms with E-state index in [1.165, 1.54) is 24.3 Å². The van der Waals surface area contributed by atoms with E-state index in [1.807, 2.05) is 19.1 Å². The molecule has 138 valence electrons. The fourth-order valence-corrected chi connectivity index (χ4v) is 3.36. The highest BCUT2D eigenvalue weighted by molar-refractivity contribution is 8.18. The van der Waals surface area contributed by atoms with Crippen molar-refractivity contribution in [3.05, 3.63) is 74.7 Å². The van der Waals surface area contributed by atoms with Gasteiger partial charge in [-0.2, -0.15) is 0 Å². The van der Waals surface area contributed by atoms with Gasteiger partial charge < -0.3 is 4.74 Å². The summed E-state index contributed by atoms with van der Waals surface area (Å²) in [7, 11) is 0. The van der Waals surface area contributed by atoms with Gasteiger partial charge in [-0.25, -0.2) is 0 Å². The van der Waals surface area contributed by atoms with Crippen molar-refractivity contribution in [2.75, 3.05) is 6.61 Å². The Morgan fingerprint density at radius 1 is 1.11 bits per heavy atom. The van der Waals surface area contributed by atoms with Gasteiger partial charge in [-0.05, 0) is 48.0 Å². The maximum Gasteiger partial charge on any atom is 0.293 e. The fourth-order valence-electron chi connectivity index (χ4n) is 2.52. The van der Waals surface area contributed by atoms with Crippen molar-refractivity contribution in [2.24, 2.45) is 0 Å². The number of imide groups is 1. The molecule has 0 N–H and O–H groups in total. The lowest BCUT2D eigenvalue weighted by Gasteiger charge is -2.12. The van der Waals surface area contributed by atoms with E-state index in [2.05, 4.69) is 0 Å². The minimum absolute atomic E-state index is 0.0386. The van der Waals surface area contributed by atoms with Gasteiger partial charge in [0.1, 0.15) is 5.75 Å². The van der Waals surface area contributed by atoms with Crippen LogP contribution in [-0.4, -0.2) is 27.6 Å². The number of ether oxygens (including phenoxy) is 1. The Labute approximate surface area is 159 Å². The minimum atomic E-state index is -0.497. The van der Waals surface area contributed by atoms with Crippen LogP contribution in [0, 0.1) is 10.1 Å². The highest BCUT2D eigenvalue weighted by Gasteiger charge is 2.35. The molecule has 3 rings (SSSR count). The van der Waals surface area contributed by atoms with Crippen molar-refractivity contribution in [3.8, 4) is 5.75 Å². The fraction of sp³-hybridized carbons (Fsp3) is 0.158. The Hall–Kier alpha value is -3.13. The van der Waals surface area contributed by atoms with Gasteiger partial charge in [-0.3, -0.25) is 24.6 Å². The van der Waals surface area contributed by atoms with E-state index in [1.54, 1.807) is 18.2 Å². The molecule has 0 aromatic heterocycles. The van der Waals surface area contributed by atoms with E-state index in [0.717, 1.165) is 28.0 Å². The minimum Gasteiger partial charge on any atom is -0.494 e. The average molecular weight is 384 g/mol. The van der Waals surface area contributed by atoms with Crippen LogP contribution >= 0.6 is 11.8 Å². The number of benzene rings is 2. The summed E-state index contributed by atoms with van der Waals surface area (Å²) in [6.45, 7) is 2.54. The zero-order chi connectivity index (χ0) is 19.4. The summed E-state index contributed by atoms with van der Waals surface area (Å²) < 4.78 is 5.38. The van der Waals surface area contributed by atoms with Crippen LogP contribution in [0.2, 0.25) is 0 Å². The molecule has 1 fully saturated rings. The van der Waals surface area contributed by atoms with E-state index in [0.29, 0.717) is 17.1 Å². The van der Waals surface area contributed by atoms with Gasteiger partial charge >= 0.3 is 0 Å². The number of nitrogens with zero attached hydrogens (tertiary/aromatic N) is 2. The zero-order valence-corrected chi connectivity index (χ0v) is 15.3. The lowest BCUT2D eigenvalue weighted by molar-refractivity contribution is -0.384. The predicted octanol–water partition coefficient (Wildman–Crippen LogP) is 4.23. The van der Waals surface area contributed by atoms with Crippen molar-refractivity contribution in [1.29, 1.82) is 0 Å². The molecule has 27 heavy (non-hydrogen) atoms. The van der Waals surface area contributed by atoms with Crippen molar-refractivity contribution in [1.82, 2.24) is 4.90 Å². The molecule has 8 heteroatoms. The zero-order valence-electron chi connectivity index (χ0n) is 14.5. The lowest BCUT2D eigenvalue weighted by atomic mass is 10.2. The van der Waals surface area contributed by atoms with E-state index >= 15 is 0 Å². The van der Waals surface area contributed by atoms with Crippen LogP contribution in [0.4, 0.5) is 10.5 Å². The number of hydrogen-bond donors (Lipinski definition) is 0. The number of thioether (sulfide) groups is 1. The molecule has 0 bridgehead atoms. The Balaban J connectivity index is 1.73. The number of nitro benzene ring substituents is 1. The summed E-state index contributed by atoms with van der Waals surface area (Å²) >= 11 is 0.877. The monoisotopic (exact) mass is 384 g/mol. The number of non-ortho nitro benzene ring substituents is 1. The summed E-state index contributed by atoms with van der Waals surface area (Å²) in [5.74, 6) is 0.359. The van der Waals surface area contributed by atoms with Gasteiger partial charge in [0.25, 0.3) is 16.8 Å². The van der Waals surface area contributed by atoms with E-state index in [-0.39, 0.29) is 23.4 Å². The van der Waals surface area contributed by atoms with Gasteiger partial charge in [-0.1, -0.05) is 24.3 Å². The third-order valence-corrected chi connectivity index (χ3v) is 4.76. The molecule has 0 unspecified atom stereocenters. The van der Waals surface area contributed by atoms with E-state index in [9.17, 15) is 19.7 Å². The first-order chi connectivity index (χ1) is 13.0. The summed E-state index contributed by atoms with van der Waals surface area (Å²) in [5.41, 5.74) is 1.40. The Bertz CT molecular complexity index is 907. The molecule has 0 radical (unpaired) electrons. The van der Waals surface area contributed by atoms with Crippen LogP contribution in [0.5, 0.6) is 5.75 Å². The second-order valence-corrected chi connectivity index (χ2v) is 6.69. The molecule has 2 aromatic rings. The average Bonchev–Trinajstić information content (AvgIpc) is 2.91. The molecule has 1 saturated heterocycles. The van der Waals surface area contributed by atoms with E-state index < -0.39 is 4.92 Å². The van der Waals surface area contributed by atoms with Crippen molar-refractivity contribution in [3.63, 3.8) is 0 Å². The Kier molecular flexibility index (Phi) is 5.56. The molecule has 0 aliphatic carbocycles. The predicted molar refractivity (Wildman–Crippen MR) is 102 cm³/mol. The van der Waals surface area contributed by atoms with Crippen molar-refractivity contribution >= 4 is 34.7 Å². The highest BCUT2D eigenvalue weighted by Crippen LogP contribution is 2.33. The molecule has 1 aliphatic rings. The van der Waals surface area contributed by atoms with E-state index in [4.69, 9.17) is 4.74 Å². The number of amides is 2. The van der Waals surface area contributed by atoms with Crippen LogP contribution in [0.15, 0.2) is 53.4 Å². The van der Waals surface area contributed by atoms with Gasteiger partial charge in [0.15, 0.2) is 0 Å². The Morgan fingerprint density at radius 3 is 2.37 bits per heavy atom. The molecule has 2 amide bonds. The SMILES string of the molecule is CCOc1ccc(/C=C2/SC(=O)N(Cc3ccc([N+](=O)[O-])cc3)C2=O)cc1. The molecule has 0 saturated carbocycles. The Morgan fingerprint density at radius 2 is 1.78 bits per heavy atom. The van der Waals surface area contributed by atoms with Gasteiger partial charge in [0, 0.05) is 12.1 Å². The number of nitro groups is 1. The van der Waals surface area contributed by atoms with Crippen LogP contribution in [0.3, 0.4) is 0 Å². The third kappa shape index (κ3) is 4.35.